The molecule has 1 amide bonds. The topological polar surface area (TPSA) is 66.4 Å². The molecule has 0 atom stereocenters. The highest BCUT2D eigenvalue weighted by atomic mass is 19.4. The average Bonchev–Trinajstić information content (AvgIpc) is 2.35. The van der Waals surface area contributed by atoms with Gasteiger partial charge in [-0.15, -0.1) is 0 Å². The summed E-state index contributed by atoms with van der Waals surface area (Å²) in [5, 5.41) is 10.5. The number of benzene rings is 1. The van der Waals surface area contributed by atoms with Gasteiger partial charge in [0.2, 0.25) is 5.91 Å². The van der Waals surface area contributed by atoms with Gasteiger partial charge in [0, 0.05) is 6.08 Å². The largest absolute Gasteiger partial charge is 0.480 e. The van der Waals surface area contributed by atoms with E-state index in [1.165, 1.54) is 19.1 Å². The number of alkyl halides is 3. The Kier molecular flexibility index (Phi) is 4.90. The molecule has 1 aromatic rings. The van der Waals surface area contributed by atoms with Crippen molar-refractivity contribution < 1.29 is 27.9 Å². The fourth-order valence-corrected chi connectivity index (χ4v) is 1.43. The Hall–Kier alpha value is -2.31. The molecule has 0 radical (unpaired) electrons. The second kappa shape index (κ2) is 6.23. The maximum Gasteiger partial charge on any atom is 0.416 e. The summed E-state index contributed by atoms with van der Waals surface area (Å²) in [7, 11) is 0. The summed E-state index contributed by atoms with van der Waals surface area (Å²) >= 11 is 0. The van der Waals surface area contributed by atoms with Crippen LogP contribution in [0.2, 0.25) is 0 Å². The van der Waals surface area contributed by atoms with Crippen LogP contribution in [-0.2, 0) is 15.8 Å². The zero-order valence-electron chi connectivity index (χ0n) is 10.5. The maximum atomic E-state index is 12.5. The monoisotopic (exact) mass is 287 g/mol. The van der Waals surface area contributed by atoms with Crippen molar-refractivity contribution in [1.82, 2.24) is 5.32 Å². The molecule has 20 heavy (non-hydrogen) atoms. The molecule has 7 heteroatoms. The van der Waals surface area contributed by atoms with E-state index in [0.29, 0.717) is 5.57 Å². The molecule has 0 saturated heterocycles. The van der Waals surface area contributed by atoms with Gasteiger partial charge in [0.15, 0.2) is 0 Å². The summed E-state index contributed by atoms with van der Waals surface area (Å²) in [5.74, 6) is -1.88. The third-order valence-electron chi connectivity index (χ3n) is 2.41. The van der Waals surface area contributed by atoms with E-state index in [2.05, 4.69) is 5.32 Å². The van der Waals surface area contributed by atoms with Gasteiger partial charge < -0.3 is 10.4 Å². The van der Waals surface area contributed by atoms with Gasteiger partial charge in [0.25, 0.3) is 0 Å². The molecule has 4 nitrogen and oxygen atoms in total. The number of halogens is 3. The number of carboxylic acid groups (broad SMARTS) is 1. The molecule has 1 rings (SSSR count). The van der Waals surface area contributed by atoms with Gasteiger partial charge in [0.05, 0.1) is 5.56 Å². The number of allylic oxidation sites excluding steroid dienone is 1. The number of rotatable bonds is 4. The predicted octanol–water partition coefficient (Wildman–Crippen LogP) is 2.31. The molecule has 0 spiro atoms. The van der Waals surface area contributed by atoms with Crippen molar-refractivity contribution in [2.75, 3.05) is 6.54 Å². The zero-order valence-corrected chi connectivity index (χ0v) is 10.5. The number of carbonyl (C=O) groups excluding carboxylic acids is 1. The number of aliphatic carboxylic acids is 1. The van der Waals surface area contributed by atoms with Crippen LogP contribution < -0.4 is 5.32 Å². The highest BCUT2D eigenvalue weighted by Crippen LogP contribution is 2.30. The second-order valence-electron chi connectivity index (χ2n) is 4.02. The van der Waals surface area contributed by atoms with Gasteiger partial charge >= 0.3 is 12.1 Å². The fourth-order valence-electron chi connectivity index (χ4n) is 1.43. The Morgan fingerprint density at radius 2 is 2.00 bits per heavy atom. The summed E-state index contributed by atoms with van der Waals surface area (Å²) in [5.41, 5.74) is -0.266. The molecular weight excluding hydrogens is 275 g/mol. The van der Waals surface area contributed by atoms with E-state index in [1.807, 2.05) is 0 Å². The smallest absolute Gasteiger partial charge is 0.416 e. The Bertz CT molecular complexity index is 550. The number of hydrogen-bond donors (Lipinski definition) is 2. The first kappa shape index (κ1) is 15.7. The van der Waals surface area contributed by atoms with Crippen molar-refractivity contribution in [2.45, 2.75) is 13.1 Å². The Labute approximate surface area is 112 Å². The van der Waals surface area contributed by atoms with Gasteiger partial charge in [-0.1, -0.05) is 12.1 Å². The van der Waals surface area contributed by atoms with Crippen LogP contribution in [0.4, 0.5) is 13.2 Å². The lowest BCUT2D eigenvalue weighted by Crippen LogP contribution is -2.27. The minimum Gasteiger partial charge on any atom is -0.480 e. The number of carbonyl (C=O) groups is 2. The first-order valence-corrected chi connectivity index (χ1v) is 5.55. The van der Waals surface area contributed by atoms with Crippen LogP contribution in [0.5, 0.6) is 0 Å². The molecule has 2 N–H and O–H groups in total. The normalized spacial score (nSPS) is 12.1. The Balaban J connectivity index is 2.89. The van der Waals surface area contributed by atoms with Crippen LogP contribution in [-0.4, -0.2) is 23.5 Å². The quantitative estimate of drug-likeness (QED) is 0.835. The Morgan fingerprint density at radius 3 is 2.55 bits per heavy atom. The highest BCUT2D eigenvalue weighted by Gasteiger charge is 2.30. The van der Waals surface area contributed by atoms with Gasteiger partial charge in [0.1, 0.15) is 6.54 Å². The molecule has 0 saturated carbocycles. The van der Waals surface area contributed by atoms with E-state index in [4.69, 9.17) is 5.11 Å². The van der Waals surface area contributed by atoms with Crippen LogP contribution in [0.25, 0.3) is 5.57 Å². The predicted molar refractivity (Wildman–Crippen MR) is 65.7 cm³/mol. The van der Waals surface area contributed by atoms with Crippen LogP contribution in [0, 0.1) is 0 Å². The number of carboxylic acids is 1. The van der Waals surface area contributed by atoms with E-state index in [9.17, 15) is 22.8 Å². The average molecular weight is 287 g/mol. The fraction of sp³-hybridized carbons (Fsp3) is 0.231. The third-order valence-corrected chi connectivity index (χ3v) is 2.41. The van der Waals surface area contributed by atoms with E-state index in [0.717, 1.165) is 18.2 Å². The first-order valence-electron chi connectivity index (χ1n) is 5.55. The van der Waals surface area contributed by atoms with Crippen molar-refractivity contribution in [1.29, 1.82) is 0 Å². The van der Waals surface area contributed by atoms with E-state index < -0.39 is 30.2 Å². The van der Waals surface area contributed by atoms with Crippen LogP contribution in [0.3, 0.4) is 0 Å². The van der Waals surface area contributed by atoms with Gasteiger partial charge in [-0.25, -0.2) is 0 Å². The lowest BCUT2D eigenvalue weighted by Gasteiger charge is -2.09. The molecule has 0 aromatic heterocycles. The summed E-state index contributed by atoms with van der Waals surface area (Å²) < 4.78 is 37.6. The van der Waals surface area contributed by atoms with Crippen molar-refractivity contribution in [3.63, 3.8) is 0 Å². The summed E-state index contributed by atoms with van der Waals surface area (Å²) in [6.45, 7) is 0.918. The van der Waals surface area contributed by atoms with E-state index >= 15 is 0 Å². The first-order chi connectivity index (χ1) is 9.20. The van der Waals surface area contributed by atoms with Crippen LogP contribution >= 0.6 is 0 Å². The molecule has 0 unspecified atom stereocenters. The minimum absolute atomic E-state index is 0.241. The van der Waals surface area contributed by atoms with E-state index in [-0.39, 0.29) is 5.56 Å². The van der Waals surface area contributed by atoms with Crippen molar-refractivity contribution in [3.05, 3.63) is 41.5 Å². The molecular formula is C13H12F3NO3. The molecule has 108 valence electrons. The number of amides is 1. The number of nitrogens with one attached hydrogen (secondary N) is 1. The van der Waals surface area contributed by atoms with Crippen molar-refractivity contribution in [2.24, 2.45) is 0 Å². The molecule has 0 bridgehead atoms. The van der Waals surface area contributed by atoms with Crippen LogP contribution in [0.15, 0.2) is 30.3 Å². The highest BCUT2D eigenvalue weighted by molar-refractivity contribution is 5.96. The van der Waals surface area contributed by atoms with Crippen molar-refractivity contribution >= 4 is 17.4 Å². The molecule has 0 heterocycles. The maximum absolute atomic E-state index is 12.5. The molecule has 0 aliphatic rings. The van der Waals surface area contributed by atoms with Crippen LogP contribution in [0.1, 0.15) is 18.1 Å². The third kappa shape index (κ3) is 4.75. The lowest BCUT2D eigenvalue weighted by molar-refractivity contribution is -0.138. The molecule has 1 aromatic carbocycles. The van der Waals surface area contributed by atoms with Gasteiger partial charge in [-0.2, -0.15) is 13.2 Å². The summed E-state index contributed by atoms with van der Waals surface area (Å²) in [6, 6.07) is 4.54. The molecule has 0 aliphatic heterocycles. The Morgan fingerprint density at radius 1 is 1.35 bits per heavy atom. The minimum atomic E-state index is -4.46. The second-order valence-corrected chi connectivity index (χ2v) is 4.02. The summed E-state index contributed by atoms with van der Waals surface area (Å²) in [4.78, 5) is 21.6. The zero-order chi connectivity index (χ0) is 15.3. The standard InChI is InChI=1S/C13H12F3NO3/c1-8(5-11(18)17-7-12(19)20)9-3-2-4-10(6-9)13(14,15)16/h2-6H,7H2,1H3,(H,17,18)(H,19,20)/b8-5+. The SMILES string of the molecule is C/C(=C\C(=O)NCC(=O)O)c1cccc(C(F)(F)F)c1. The number of hydrogen-bond acceptors (Lipinski definition) is 2. The molecule has 0 aliphatic carbocycles. The van der Waals surface area contributed by atoms with E-state index in [1.54, 1.807) is 0 Å². The van der Waals surface area contributed by atoms with Gasteiger partial charge in [-0.3, -0.25) is 9.59 Å². The lowest BCUT2D eigenvalue weighted by atomic mass is 10.0. The summed E-state index contributed by atoms with van der Waals surface area (Å²) in [6.07, 6.45) is -3.40. The van der Waals surface area contributed by atoms with Gasteiger partial charge in [-0.05, 0) is 30.2 Å². The molecule has 0 fully saturated rings. The van der Waals surface area contributed by atoms with Crippen molar-refractivity contribution in [3.8, 4) is 0 Å².